The summed E-state index contributed by atoms with van der Waals surface area (Å²) in [6.07, 6.45) is 7.24. The number of anilines is 1. The zero-order chi connectivity index (χ0) is 15.4. The van der Waals surface area contributed by atoms with Gasteiger partial charge in [-0.15, -0.1) is 4.91 Å². The number of nitrogens with one attached hydrogen (secondary N) is 3. The van der Waals surface area contributed by atoms with Gasteiger partial charge in [-0.2, -0.15) is 0 Å². The van der Waals surface area contributed by atoms with Gasteiger partial charge in [-0.25, -0.2) is 4.79 Å². The number of rotatable bonds is 5. The van der Waals surface area contributed by atoms with Crippen molar-refractivity contribution in [2.75, 3.05) is 5.32 Å². The van der Waals surface area contributed by atoms with Gasteiger partial charge in [0.05, 0.1) is 6.04 Å². The second-order valence-electron chi connectivity index (χ2n) is 4.64. The molecule has 1 aromatic rings. The fourth-order valence-electron chi connectivity index (χ4n) is 2.44. The third-order valence-corrected chi connectivity index (χ3v) is 3.37. The molecular formula is C14H16N4O3. The standard InChI is InChI=1S/C14H16N4O3/c1-3-5-9-8(4-2)6-7-10(9)15-12-11(18-21)13(19)17-14(20)16-12/h3-5,10H,2,6-7H2,1H3,(H3,15,16,17,19,20)/b5-3-. The Morgan fingerprint density at radius 3 is 2.76 bits per heavy atom. The Kier molecular flexibility index (Phi) is 4.32. The average Bonchev–Trinajstić information content (AvgIpc) is 2.81. The lowest BCUT2D eigenvalue weighted by Gasteiger charge is -2.16. The summed E-state index contributed by atoms with van der Waals surface area (Å²) in [6, 6.07) is -0.118. The van der Waals surface area contributed by atoms with E-state index in [0.29, 0.717) is 0 Å². The molecular weight excluding hydrogens is 272 g/mol. The molecule has 0 fully saturated rings. The van der Waals surface area contributed by atoms with Crippen LogP contribution in [0.4, 0.5) is 11.5 Å². The number of aromatic amines is 2. The molecule has 1 heterocycles. The molecule has 0 saturated carbocycles. The number of H-pyrrole nitrogens is 2. The Morgan fingerprint density at radius 1 is 1.38 bits per heavy atom. The molecule has 1 aliphatic rings. The van der Waals surface area contributed by atoms with Crippen molar-refractivity contribution in [3.63, 3.8) is 0 Å². The first kappa shape index (κ1) is 14.7. The van der Waals surface area contributed by atoms with Crippen LogP contribution < -0.4 is 16.6 Å². The molecule has 1 atom stereocenters. The van der Waals surface area contributed by atoms with Gasteiger partial charge in [0.2, 0.25) is 5.69 Å². The molecule has 0 saturated heterocycles. The zero-order valence-corrected chi connectivity index (χ0v) is 11.6. The van der Waals surface area contributed by atoms with E-state index in [4.69, 9.17) is 0 Å². The molecule has 1 aliphatic carbocycles. The second kappa shape index (κ2) is 6.17. The van der Waals surface area contributed by atoms with Crippen LogP contribution >= 0.6 is 0 Å². The van der Waals surface area contributed by atoms with E-state index in [0.717, 1.165) is 24.0 Å². The van der Waals surface area contributed by atoms with Crippen LogP contribution in [0.5, 0.6) is 0 Å². The summed E-state index contributed by atoms with van der Waals surface area (Å²) in [5.74, 6) is 0.0380. The van der Waals surface area contributed by atoms with Gasteiger partial charge in [-0.1, -0.05) is 24.8 Å². The van der Waals surface area contributed by atoms with Crippen LogP contribution in [0.15, 0.2) is 50.7 Å². The van der Waals surface area contributed by atoms with Crippen molar-refractivity contribution in [3.05, 3.63) is 61.7 Å². The Labute approximate surface area is 120 Å². The van der Waals surface area contributed by atoms with Crippen molar-refractivity contribution in [2.24, 2.45) is 5.18 Å². The molecule has 0 aliphatic heterocycles. The Hall–Kier alpha value is -2.70. The van der Waals surface area contributed by atoms with Crippen LogP contribution in [0.1, 0.15) is 19.8 Å². The molecule has 1 unspecified atom stereocenters. The van der Waals surface area contributed by atoms with Gasteiger partial charge in [0, 0.05) is 0 Å². The summed E-state index contributed by atoms with van der Waals surface area (Å²) in [5, 5.41) is 5.70. The van der Waals surface area contributed by atoms with E-state index in [9.17, 15) is 14.5 Å². The Balaban J connectivity index is 2.41. The predicted molar refractivity (Wildman–Crippen MR) is 81.8 cm³/mol. The van der Waals surface area contributed by atoms with Gasteiger partial charge in [0.15, 0.2) is 0 Å². The maximum atomic E-state index is 11.5. The number of nitrogens with zero attached hydrogens (tertiary/aromatic N) is 1. The molecule has 1 aromatic heterocycles. The minimum Gasteiger partial charge on any atom is -0.363 e. The molecule has 7 nitrogen and oxygen atoms in total. The first-order valence-corrected chi connectivity index (χ1v) is 6.55. The summed E-state index contributed by atoms with van der Waals surface area (Å²) in [7, 11) is 0. The highest BCUT2D eigenvalue weighted by molar-refractivity contribution is 5.60. The van der Waals surface area contributed by atoms with Gasteiger partial charge in [-0.05, 0) is 36.1 Å². The van der Waals surface area contributed by atoms with E-state index in [1.165, 1.54) is 0 Å². The number of hydrogen-bond acceptors (Lipinski definition) is 5. The van der Waals surface area contributed by atoms with E-state index in [1.54, 1.807) is 6.08 Å². The molecule has 0 bridgehead atoms. The van der Waals surface area contributed by atoms with Gasteiger partial charge in [0.25, 0.3) is 5.56 Å². The molecule has 3 N–H and O–H groups in total. The number of nitroso groups, excluding NO2 is 1. The van der Waals surface area contributed by atoms with Crippen LogP contribution in [-0.4, -0.2) is 16.0 Å². The minimum absolute atomic E-state index is 0.0380. The minimum atomic E-state index is -0.810. The van der Waals surface area contributed by atoms with Crippen molar-refractivity contribution < 1.29 is 0 Å². The summed E-state index contributed by atoms with van der Waals surface area (Å²) >= 11 is 0. The highest BCUT2D eigenvalue weighted by Gasteiger charge is 2.24. The van der Waals surface area contributed by atoms with E-state index in [2.05, 4.69) is 22.1 Å². The van der Waals surface area contributed by atoms with Crippen molar-refractivity contribution in [2.45, 2.75) is 25.8 Å². The van der Waals surface area contributed by atoms with Crippen molar-refractivity contribution >= 4 is 11.5 Å². The first-order valence-electron chi connectivity index (χ1n) is 6.55. The number of aromatic nitrogens is 2. The normalized spacial score (nSPS) is 18.2. The quantitative estimate of drug-likeness (QED) is 0.721. The highest BCUT2D eigenvalue weighted by atomic mass is 16.3. The summed E-state index contributed by atoms with van der Waals surface area (Å²) in [4.78, 5) is 38.0. The Bertz CT molecular complexity index is 739. The van der Waals surface area contributed by atoms with Gasteiger partial charge >= 0.3 is 5.69 Å². The van der Waals surface area contributed by atoms with Crippen LogP contribution in [0.3, 0.4) is 0 Å². The smallest absolute Gasteiger partial charge is 0.327 e. The van der Waals surface area contributed by atoms with Crippen LogP contribution in [0.2, 0.25) is 0 Å². The van der Waals surface area contributed by atoms with E-state index in [-0.39, 0.29) is 17.5 Å². The molecule has 21 heavy (non-hydrogen) atoms. The SMILES string of the molecule is C=CC1=C(/C=C\C)C(Nc2[nH]c(=O)[nH]c(=O)c2N=O)CC1. The van der Waals surface area contributed by atoms with Crippen molar-refractivity contribution in [3.8, 4) is 0 Å². The fraction of sp³-hybridized carbons (Fsp3) is 0.286. The fourth-order valence-corrected chi connectivity index (χ4v) is 2.44. The summed E-state index contributed by atoms with van der Waals surface area (Å²) in [6.45, 7) is 5.68. The van der Waals surface area contributed by atoms with E-state index >= 15 is 0 Å². The van der Waals surface area contributed by atoms with Crippen molar-refractivity contribution in [1.82, 2.24) is 9.97 Å². The first-order chi connectivity index (χ1) is 10.1. The third kappa shape index (κ3) is 2.91. The predicted octanol–water partition coefficient (Wildman–Crippen LogP) is 2.09. The highest BCUT2D eigenvalue weighted by Crippen LogP contribution is 2.31. The van der Waals surface area contributed by atoms with Crippen LogP contribution in [0, 0.1) is 4.91 Å². The lowest BCUT2D eigenvalue weighted by Crippen LogP contribution is -2.27. The molecule has 0 aromatic carbocycles. The monoisotopic (exact) mass is 288 g/mol. The van der Waals surface area contributed by atoms with E-state index < -0.39 is 11.2 Å². The largest absolute Gasteiger partial charge is 0.363 e. The number of allylic oxidation sites excluding steroid dienone is 3. The average molecular weight is 288 g/mol. The summed E-state index contributed by atoms with van der Waals surface area (Å²) in [5.41, 5.74) is 0.258. The van der Waals surface area contributed by atoms with Crippen LogP contribution in [0.25, 0.3) is 0 Å². The molecule has 110 valence electrons. The lowest BCUT2D eigenvalue weighted by atomic mass is 10.1. The maximum absolute atomic E-state index is 11.5. The topological polar surface area (TPSA) is 107 Å². The molecule has 0 amide bonds. The molecule has 7 heteroatoms. The van der Waals surface area contributed by atoms with Crippen molar-refractivity contribution in [1.29, 1.82) is 0 Å². The molecule has 2 rings (SSSR count). The zero-order valence-electron chi connectivity index (χ0n) is 11.6. The van der Waals surface area contributed by atoms with Gasteiger partial charge < -0.3 is 5.32 Å². The molecule has 0 radical (unpaired) electrons. The van der Waals surface area contributed by atoms with Gasteiger partial charge in [0.1, 0.15) is 5.82 Å². The van der Waals surface area contributed by atoms with E-state index in [1.807, 2.05) is 24.1 Å². The van der Waals surface area contributed by atoms with Crippen LogP contribution in [-0.2, 0) is 0 Å². The summed E-state index contributed by atoms with van der Waals surface area (Å²) < 4.78 is 0. The Morgan fingerprint density at radius 2 is 2.14 bits per heavy atom. The number of hydrogen-bond donors (Lipinski definition) is 3. The second-order valence-corrected chi connectivity index (χ2v) is 4.64. The lowest BCUT2D eigenvalue weighted by molar-refractivity contribution is 0.797. The maximum Gasteiger partial charge on any atom is 0.327 e. The third-order valence-electron chi connectivity index (χ3n) is 3.37. The molecule has 0 spiro atoms. The van der Waals surface area contributed by atoms with Gasteiger partial charge in [-0.3, -0.25) is 14.8 Å².